The quantitative estimate of drug-likeness (QED) is 0.0320. The molecule has 0 aliphatic rings. The van der Waals surface area contributed by atoms with Gasteiger partial charge in [0.25, 0.3) is 0 Å². The third kappa shape index (κ3) is 14.0. The Kier molecular flexibility index (Phi) is 19.2. The van der Waals surface area contributed by atoms with Gasteiger partial charge in [0, 0.05) is 6.42 Å². The van der Waals surface area contributed by atoms with Gasteiger partial charge in [0.1, 0.15) is 0 Å². The molecule has 0 fully saturated rings. The van der Waals surface area contributed by atoms with Crippen LogP contribution in [0.2, 0.25) is 0 Å². The van der Waals surface area contributed by atoms with Crippen LogP contribution >= 0.6 is 15.8 Å². The first-order chi connectivity index (χ1) is 20.7. The first kappa shape index (κ1) is 36.4. The summed E-state index contributed by atoms with van der Waals surface area (Å²) in [6, 6.07) is 54.2. The Bertz CT molecular complexity index is 1270. The van der Waals surface area contributed by atoms with E-state index in [9.17, 15) is 0 Å². The van der Waals surface area contributed by atoms with Crippen LogP contribution in [0, 0.1) is 17.2 Å². The summed E-state index contributed by atoms with van der Waals surface area (Å²) in [5, 5.41) is 8.32. The maximum atomic E-state index is 5.34. The molecule has 0 aliphatic heterocycles. The Morgan fingerprint density at radius 3 is 1.21 bits per heavy atom. The molecule has 5 aromatic carbocycles. The second-order valence-electron chi connectivity index (χ2n) is 9.36. The van der Waals surface area contributed by atoms with E-state index in [1.807, 2.05) is 0 Å². The Morgan fingerprint density at radius 1 is 0.605 bits per heavy atom. The largest absolute Gasteiger partial charge is 2.00 e. The van der Waals surface area contributed by atoms with Crippen molar-refractivity contribution in [3.8, 4) is 11.2 Å². The standard InChI is InChI=1S/C26H24P2.C6H6N.C6H10S.Pd/c1-5-13-23(14-6-1)27(24-15-7-2-8-16-24)21-22-28(25-17-9-3-10-18-25)26-19-11-4-12-20-26;7-6-4-2-1-3-5-6;1-2-3-4-5-6-7;/h1-20H,21-22H2;2-5H,7H2;7H,2-4H2,1H3;/q;-1;;+2/p-1. The third-order valence-corrected chi connectivity index (χ3v) is 11.8. The van der Waals surface area contributed by atoms with E-state index in [0.717, 1.165) is 12.1 Å². The van der Waals surface area contributed by atoms with Gasteiger partial charge in [-0.1, -0.05) is 140 Å². The van der Waals surface area contributed by atoms with Gasteiger partial charge < -0.3 is 18.4 Å². The zero-order valence-electron chi connectivity index (χ0n) is 24.6. The van der Waals surface area contributed by atoms with Gasteiger partial charge in [-0.25, -0.2) is 5.25 Å². The number of nitrogen functional groups attached to an aromatic ring is 1. The molecule has 5 heteroatoms. The monoisotopic (exact) mass is 709 g/mol. The molecule has 0 saturated heterocycles. The van der Waals surface area contributed by atoms with Crippen LogP contribution in [0.4, 0.5) is 5.69 Å². The van der Waals surface area contributed by atoms with Crippen molar-refractivity contribution >= 4 is 55.4 Å². The fraction of sp³-hybridized carbons (Fsp3) is 0.158. The first-order valence-corrected chi connectivity index (χ1v) is 17.8. The molecule has 5 aromatic rings. The number of hydrogen-bond donors (Lipinski definition) is 1. The van der Waals surface area contributed by atoms with Gasteiger partial charge in [0.05, 0.1) is 0 Å². The molecular formula is C38H39NP2PdS. The van der Waals surface area contributed by atoms with Crippen molar-refractivity contribution in [1.82, 2.24) is 0 Å². The summed E-state index contributed by atoms with van der Waals surface area (Å²) in [7, 11) is -0.696. The van der Waals surface area contributed by atoms with Crippen molar-refractivity contribution < 1.29 is 20.4 Å². The predicted molar refractivity (Wildman–Crippen MR) is 192 cm³/mol. The molecule has 0 amide bonds. The number of unbranched alkanes of at least 4 members (excludes halogenated alkanes) is 2. The summed E-state index contributed by atoms with van der Waals surface area (Å²) in [5.74, 6) is 2.81. The van der Waals surface area contributed by atoms with Crippen molar-refractivity contribution in [2.24, 2.45) is 0 Å². The zero-order valence-corrected chi connectivity index (χ0v) is 28.7. The molecule has 0 heterocycles. The maximum Gasteiger partial charge on any atom is 2.00 e. The normalized spacial score (nSPS) is 9.74. The molecule has 5 rings (SSSR count). The maximum absolute atomic E-state index is 5.34. The Morgan fingerprint density at radius 2 is 0.953 bits per heavy atom. The molecule has 0 atom stereocenters. The van der Waals surface area contributed by atoms with Gasteiger partial charge in [-0.15, -0.1) is 18.1 Å². The van der Waals surface area contributed by atoms with E-state index >= 15 is 0 Å². The topological polar surface area (TPSA) is 26.0 Å². The summed E-state index contributed by atoms with van der Waals surface area (Å²) in [4.78, 5) is 0. The molecule has 0 aromatic heterocycles. The molecule has 0 spiro atoms. The summed E-state index contributed by atoms with van der Waals surface area (Å²) >= 11 is 4.40. The molecule has 222 valence electrons. The summed E-state index contributed by atoms with van der Waals surface area (Å²) in [6.45, 7) is 2.14. The Labute approximate surface area is 281 Å². The molecule has 2 N–H and O–H groups in total. The Balaban J connectivity index is 0.000000356. The minimum Gasteiger partial charge on any atom is -0.725 e. The minimum atomic E-state index is -0.348. The van der Waals surface area contributed by atoms with E-state index in [-0.39, 0.29) is 36.3 Å². The van der Waals surface area contributed by atoms with Crippen LogP contribution in [-0.2, 0) is 33.1 Å². The molecule has 0 unspecified atom stereocenters. The van der Waals surface area contributed by atoms with Crippen LogP contribution in [-0.4, -0.2) is 12.3 Å². The summed E-state index contributed by atoms with van der Waals surface area (Å²) < 4.78 is 0. The SMILES string of the molecule is CCCCC#C[S-].Nc1cc[c-]cc1.[Pd+2].c1ccc(P(CCP(c2ccccc2)c2ccccc2)c2ccccc2)cc1. The van der Waals surface area contributed by atoms with Gasteiger partial charge >= 0.3 is 20.4 Å². The molecule has 0 radical (unpaired) electrons. The first-order valence-electron chi connectivity index (χ1n) is 14.3. The van der Waals surface area contributed by atoms with Gasteiger partial charge in [-0.05, 0) is 55.8 Å². The van der Waals surface area contributed by atoms with Crippen molar-refractivity contribution in [3.63, 3.8) is 0 Å². The second-order valence-corrected chi connectivity index (χ2v) is 14.2. The van der Waals surface area contributed by atoms with Crippen LogP contribution in [0.3, 0.4) is 0 Å². The molecule has 0 bridgehead atoms. The number of hydrogen-bond acceptors (Lipinski definition) is 2. The van der Waals surface area contributed by atoms with Gasteiger partial charge in [-0.3, -0.25) is 0 Å². The van der Waals surface area contributed by atoms with Crippen LogP contribution in [0.5, 0.6) is 0 Å². The molecule has 0 saturated carbocycles. The van der Waals surface area contributed by atoms with Gasteiger partial charge in [0.15, 0.2) is 0 Å². The fourth-order valence-corrected chi connectivity index (χ4v) is 9.62. The number of anilines is 1. The fourth-order valence-electron chi connectivity index (χ4n) is 4.16. The van der Waals surface area contributed by atoms with Crippen molar-refractivity contribution in [3.05, 3.63) is 152 Å². The van der Waals surface area contributed by atoms with Crippen molar-refractivity contribution in [1.29, 1.82) is 0 Å². The van der Waals surface area contributed by atoms with Crippen LogP contribution in [0.25, 0.3) is 0 Å². The number of benzene rings is 5. The number of nitrogens with two attached hydrogens (primary N) is 1. The molecule has 0 aliphatic carbocycles. The average molecular weight is 710 g/mol. The van der Waals surface area contributed by atoms with Crippen LogP contribution < -0.4 is 27.0 Å². The van der Waals surface area contributed by atoms with Gasteiger partial charge in [0.2, 0.25) is 0 Å². The van der Waals surface area contributed by atoms with E-state index < -0.39 is 0 Å². The summed E-state index contributed by atoms with van der Waals surface area (Å²) in [5.41, 5.74) is 6.13. The molecule has 1 nitrogen and oxygen atoms in total. The molecule has 43 heavy (non-hydrogen) atoms. The zero-order chi connectivity index (χ0) is 29.7. The van der Waals surface area contributed by atoms with E-state index in [4.69, 9.17) is 5.73 Å². The third-order valence-electron chi connectivity index (χ3n) is 6.29. The second kappa shape index (κ2) is 22.7. The Hall–Kier alpha value is -2.80. The predicted octanol–water partition coefficient (Wildman–Crippen LogP) is 8.00. The van der Waals surface area contributed by atoms with Crippen molar-refractivity contribution in [2.75, 3.05) is 18.1 Å². The van der Waals surface area contributed by atoms with E-state index in [0.29, 0.717) is 0 Å². The van der Waals surface area contributed by atoms with Crippen LogP contribution in [0.15, 0.2) is 146 Å². The minimum absolute atomic E-state index is 0. The summed E-state index contributed by atoms with van der Waals surface area (Å²) in [6.07, 6.45) is 5.78. The van der Waals surface area contributed by atoms with E-state index in [1.165, 1.54) is 46.4 Å². The molecular weight excluding hydrogens is 671 g/mol. The average Bonchev–Trinajstić information content (AvgIpc) is 3.06. The number of rotatable bonds is 9. The smallest absolute Gasteiger partial charge is 0.725 e. The van der Waals surface area contributed by atoms with Gasteiger partial charge in [-0.2, -0.15) is 18.2 Å². The van der Waals surface area contributed by atoms with E-state index in [1.54, 1.807) is 24.3 Å². The van der Waals surface area contributed by atoms with Crippen molar-refractivity contribution in [2.45, 2.75) is 26.2 Å². The van der Waals surface area contributed by atoms with Crippen LogP contribution in [0.1, 0.15) is 26.2 Å². The van der Waals surface area contributed by atoms with E-state index in [2.05, 4.69) is 158 Å².